The van der Waals surface area contributed by atoms with Gasteiger partial charge in [-0.3, -0.25) is 9.88 Å². The highest BCUT2D eigenvalue weighted by Gasteiger charge is 2.18. The number of nitrogen functional groups attached to an aromatic ring is 1. The smallest absolute Gasteiger partial charge is 0.0743 e. The molecule has 0 saturated carbocycles. The lowest BCUT2D eigenvalue weighted by Crippen LogP contribution is -2.35. The van der Waals surface area contributed by atoms with Gasteiger partial charge in [-0.25, -0.2) is 0 Å². The van der Waals surface area contributed by atoms with Crippen molar-refractivity contribution in [2.75, 3.05) is 30.7 Å². The number of anilines is 2. The first-order valence-corrected chi connectivity index (χ1v) is 7.37. The fourth-order valence-electron chi connectivity index (χ4n) is 2.92. The number of aromatic nitrogens is 1. The molecule has 1 saturated heterocycles. The highest BCUT2D eigenvalue weighted by Crippen LogP contribution is 2.27. The number of nitrogens with two attached hydrogens (primary N) is 1. The summed E-state index contributed by atoms with van der Waals surface area (Å²) in [5.74, 6) is 0. The molecule has 106 valence electrons. The van der Waals surface area contributed by atoms with Crippen LogP contribution in [0.2, 0.25) is 0 Å². The van der Waals surface area contributed by atoms with Crippen LogP contribution in [0, 0.1) is 0 Å². The molecule has 0 amide bonds. The number of nitrogens with one attached hydrogen (secondary N) is 1. The highest BCUT2D eigenvalue weighted by atomic mass is 15.2. The van der Waals surface area contributed by atoms with Gasteiger partial charge in [0, 0.05) is 18.0 Å². The van der Waals surface area contributed by atoms with Crippen LogP contribution in [-0.4, -0.2) is 35.6 Å². The van der Waals surface area contributed by atoms with Gasteiger partial charge in [-0.05, 0) is 38.9 Å². The summed E-state index contributed by atoms with van der Waals surface area (Å²) >= 11 is 0. The average Bonchev–Trinajstić information content (AvgIpc) is 3.00. The Morgan fingerprint density at radius 2 is 2.05 bits per heavy atom. The second-order valence-electron chi connectivity index (χ2n) is 5.58. The molecule has 1 unspecified atom stereocenters. The molecule has 1 atom stereocenters. The van der Waals surface area contributed by atoms with Crippen molar-refractivity contribution in [1.82, 2.24) is 9.88 Å². The van der Waals surface area contributed by atoms with Crippen LogP contribution in [0.25, 0.3) is 10.9 Å². The van der Waals surface area contributed by atoms with Crippen molar-refractivity contribution in [2.45, 2.75) is 25.8 Å². The summed E-state index contributed by atoms with van der Waals surface area (Å²) in [5.41, 5.74) is 8.81. The van der Waals surface area contributed by atoms with Gasteiger partial charge in [-0.1, -0.05) is 18.2 Å². The van der Waals surface area contributed by atoms with E-state index in [4.69, 9.17) is 5.73 Å². The van der Waals surface area contributed by atoms with Crippen molar-refractivity contribution in [3.63, 3.8) is 0 Å². The maximum Gasteiger partial charge on any atom is 0.0743 e. The summed E-state index contributed by atoms with van der Waals surface area (Å²) in [5, 5.41) is 4.62. The van der Waals surface area contributed by atoms with Crippen molar-refractivity contribution in [1.29, 1.82) is 0 Å². The molecule has 4 heteroatoms. The molecule has 2 heterocycles. The van der Waals surface area contributed by atoms with E-state index in [-0.39, 0.29) is 0 Å². The molecule has 1 aromatic heterocycles. The van der Waals surface area contributed by atoms with Crippen LogP contribution < -0.4 is 11.1 Å². The minimum atomic E-state index is 0.531. The van der Waals surface area contributed by atoms with E-state index in [1.54, 1.807) is 6.20 Å². The Balaban J connectivity index is 1.78. The van der Waals surface area contributed by atoms with Gasteiger partial charge >= 0.3 is 0 Å². The van der Waals surface area contributed by atoms with Crippen LogP contribution in [-0.2, 0) is 0 Å². The number of hydrogen-bond donors (Lipinski definition) is 2. The monoisotopic (exact) mass is 270 g/mol. The first-order chi connectivity index (χ1) is 9.75. The number of fused-ring (bicyclic) bond motifs is 1. The van der Waals surface area contributed by atoms with Crippen molar-refractivity contribution in [3.8, 4) is 0 Å². The summed E-state index contributed by atoms with van der Waals surface area (Å²) < 4.78 is 0. The van der Waals surface area contributed by atoms with E-state index in [0.29, 0.717) is 6.04 Å². The second kappa shape index (κ2) is 5.67. The Hall–Kier alpha value is -1.81. The SMILES string of the molecule is CC(CNc1c(N)cnc2ccccc12)N1CCCC1. The van der Waals surface area contributed by atoms with Crippen LogP contribution in [0.5, 0.6) is 0 Å². The van der Waals surface area contributed by atoms with E-state index in [0.717, 1.165) is 28.8 Å². The van der Waals surface area contributed by atoms with Crippen LogP contribution in [0.3, 0.4) is 0 Å². The van der Waals surface area contributed by atoms with E-state index >= 15 is 0 Å². The third-order valence-corrected chi connectivity index (χ3v) is 4.14. The number of para-hydroxylation sites is 1. The first-order valence-electron chi connectivity index (χ1n) is 7.37. The van der Waals surface area contributed by atoms with Crippen molar-refractivity contribution >= 4 is 22.3 Å². The van der Waals surface area contributed by atoms with Crippen molar-refractivity contribution in [3.05, 3.63) is 30.5 Å². The average molecular weight is 270 g/mol. The van der Waals surface area contributed by atoms with Crippen LogP contribution in [0.4, 0.5) is 11.4 Å². The Kier molecular flexibility index (Phi) is 3.74. The zero-order valence-electron chi connectivity index (χ0n) is 12.0. The maximum absolute atomic E-state index is 6.09. The molecule has 4 nitrogen and oxygen atoms in total. The fraction of sp³-hybridized carbons (Fsp3) is 0.438. The van der Waals surface area contributed by atoms with Gasteiger partial charge in [0.1, 0.15) is 0 Å². The largest absolute Gasteiger partial charge is 0.396 e. The Labute approximate surface area is 120 Å². The van der Waals surface area contributed by atoms with Crippen LogP contribution in [0.15, 0.2) is 30.5 Å². The molecule has 1 aliphatic heterocycles. The van der Waals surface area contributed by atoms with E-state index in [1.165, 1.54) is 25.9 Å². The van der Waals surface area contributed by atoms with Crippen molar-refractivity contribution in [2.24, 2.45) is 0 Å². The molecule has 20 heavy (non-hydrogen) atoms. The molecule has 0 radical (unpaired) electrons. The van der Waals surface area contributed by atoms with Gasteiger partial charge in [0.15, 0.2) is 0 Å². The van der Waals surface area contributed by atoms with E-state index in [2.05, 4.69) is 28.2 Å². The van der Waals surface area contributed by atoms with Gasteiger partial charge in [0.2, 0.25) is 0 Å². The van der Waals surface area contributed by atoms with Gasteiger partial charge < -0.3 is 11.1 Å². The molecule has 3 N–H and O–H groups in total. The minimum absolute atomic E-state index is 0.531. The molecule has 1 aliphatic rings. The van der Waals surface area contributed by atoms with Gasteiger partial charge in [-0.15, -0.1) is 0 Å². The molecular formula is C16H22N4. The molecule has 0 spiro atoms. The third kappa shape index (κ3) is 2.56. The highest BCUT2D eigenvalue weighted by molar-refractivity contribution is 5.96. The number of benzene rings is 1. The second-order valence-corrected chi connectivity index (χ2v) is 5.58. The summed E-state index contributed by atoms with van der Waals surface area (Å²) in [6.45, 7) is 5.63. The fourth-order valence-corrected chi connectivity index (χ4v) is 2.92. The summed E-state index contributed by atoms with van der Waals surface area (Å²) in [7, 11) is 0. The summed E-state index contributed by atoms with van der Waals surface area (Å²) in [6.07, 6.45) is 4.39. The zero-order chi connectivity index (χ0) is 13.9. The predicted molar refractivity (Wildman–Crippen MR) is 84.9 cm³/mol. The third-order valence-electron chi connectivity index (χ3n) is 4.14. The maximum atomic E-state index is 6.09. The van der Waals surface area contributed by atoms with Gasteiger partial charge in [-0.2, -0.15) is 0 Å². The number of nitrogens with zero attached hydrogens (tertiary/aromatic N) is 2. The lowest BCUT2D eigenvalue weighted by Gasteiger charge is -2.25. The predicted octanol–water partition coefficient (Wildman–Crippen LogP) is 2.71. The quantitative estimate of drug-likeness (QED) is 0.897. The molecule has 0 aliphatic carbocycles. The Morgan fingerprint density at radius 1 is 1.30 bits per heavy atom. The normalized spacial score (nSPS) is 17.4. The van der Waals surface area contributed by atoms with Crippen molar-refractivity contribution < 1.29 is 0 Å². The van der Waals surface area contributed by atoms with Crippen LogP contribution >= 0.6 is 0 Å². The van der Waals surface area contributed by atoms with E-state index < -0.39 is 0 Å². The number of hydrogen-bond acceptors (Lipinski definition) is 4. The molecule has 1 aromatic carbocycles. The number of pyridine rings is 1. The molecule has 2 aromatic rings. The lowest BCUT2D eigenvalue weighted by atomic mass is 10.1. The van der Waals surface area contributed by atoms with E-state index in [9.17, 15) is 0 Å². The molecule has 3 rings (SSSR count). The Bertz CT molecular complexity index is 590. The first kappa shape index (κ1) is 13.2. The molecule has 0 bridgehead atoms. The van der Waals surface area contributed by atoms with Gasteiger partial charge in [0.25, 0.3) is 0 Å². The zero-order valence-corrected chi connectivity index (χ0v) is 12.0. The number of likely N-dealkylation sites (tertiary alicyclic amines) is 1. The Morgan fingerprint density at radius 3 is 2.85 bits per heavy atom. The lowest BCUT2D eigenvalue weighted by molar-refractivity contribution is 0.269. The standard InChI is InChI=1S/C16H22N4/c1-12(20-8-4-5-9-20)10-19-16-13-6-2-3-7-15(13)18-11-14(16)17/h2-3,6-7,11-12H,4-5,8-10,17H2,1H3,(H,18,19). The minimum Gasteiger partial charge on any atom is -0.396 e. The number of rotatable bonds is 4. The topological polar surface area (TPSA) is 54.2 Å². The van der Waals surface area contributed by atoms with Gasteiger partial charge in [0.05, 0.1) is 23.1 Å². The summed E-state index contributed by atoms with van der Waals surface area (Å²) in [4.78, 5) is 6.90. The van der Waals surface area contributed by atoms with Crippen LogP contribution in [0.1, 0.15) is 19.8 Å². The summed E-state index contributed by atoms with van der Waals surface area (Å²) in [6, 6.07) is 8.65. The molecule has 1 fully saturated rings. The van der Waals surface area contributed by atoms with E-state index in [1.807, 2.05) is 18.2 Å². The molecular weight excluding hydrogens is 248 g/mol.